The largest absolute Gasteiger partial charge is 0.455 e. The van der Waals surface area contributed by atoms with Crippen molar-refractivity contribution in [1.29, 1.82) is 0 Å². The van der Waals surface area contributed by atoms with Crippen LogP contribution < -0.4 is 0 Å². The maximum absolute atomic E-state index is 15.4. The Labute approximate surface area is 301 Å². The van der Waals surface area contributed by atoms with Crippen LogP contribution in [0.25, 0.3) is 66.4 Å². The minimum atomic E-state index is -2.79. The van der Waals surface area contributed by atoms with Crippen LogP contribution in [0.15, 0.2) is 28.7 Å². The van der Waals surface area contributed by atoms with Gasteiger partial charge in [0.05, 0.1) is 22.3 Å². The van der Waals surface area contributed by atoms with Crippen LogP contribution in [0, 0.1) is 117 Å². The number of halogens is 19. The smallest absolute Gasteiger partial charge is 0.200 e. The van der Waals surface area contributed by atoms with Crippen LogP contribution in [0.2, 0.25) is 0 Å². The van der Waals surface area contributed by atoms with Crippen LogP contribution in [0.1, 0.15) is 5.56 Å². The third-order valence-electron chi connectivity index (χ3n) is 8.90. The molecule has 1 heterocycles. The first kappa shape index (κ1) is 39.0. The van der Waals surface area contributed by atoms with Crippen molar-refractivity contribution in [2.45, 2.75) is 6.92 Å². The van der Waals surface area contributed by atoms with Crippen LogP contribution in [-0.4, -0.2) is 0 Å². The Morgan fingerprint density at radius 1 is 0.281 bits per heavy atom. The van der Waals surface area contributed by atoms with Gasteiger partial charge in [-0.3, -0.25) is 0 Å². The molecule has 0 atom stereocenters. The van der Waals surface area contributed by atoms with Crippen LogP contribution in [-0.2, 0) is 0 Å². The lowest BCUT2D eigenvalue weighted by molar-refractivity contribution is 0.381. The van der Waals surface area contributed by atoms with E-state index in [4.69, 9.17) is 4.42 Å². The quantitative estimate of drug-likeness (QED) is 0.0979. The number of hydrogen-bond donors (Lipinski definition) is 0. The van der Waals surface area contributed by atoms with Crippen LogP contribution in [0.4, 0.5) is 83.4 Å². The van der Waals surface area contributed by atoms with Gasteiger partial charge in [0.2, 0.25) is 17.5 Å². The van der Waals surface area contributed by atoms with Gasteiger partial charge in [-0.15, -0.1) is 0 Å². The van der Waals surface area contributed by atoms with E-state index >= 15 is 35.1 Å². The first-order valence-electron chi connectivity index (χ1n) is 15.1. The first-order chi connectivity index (χ1) is 26.6. The second-order valence-electron chi connectivity index (χ2n) is 12.0. The molecular formula is C37H7F19O. The minimum absolute atomic E-state index is 0.0459. The van der Waals surface area contributed by atoms with Crippen molar-refractivity contribution in [1.82, 2.24) is 0 Å². The molecule has 0 aliphatic rings. The van der Waals surface area contributed by atoms with Crippen molar-refractivity contribution in [3.8, 4) is 44.5 Å². The Bertz CT molecular complexity index is 2650. The standard InChI is InChI=1S/C37H7F19O/c1-6-17(38)19(40)13(20(41)18(6)39)7-2-9-10-3-8(14-21(42)27(48)33(54)28(49)22(14)43)5-12(16-25(46)31(52)35(56)32(53)26(16)47)37(10)57-36(9)11(4-7)15-23(44)29(50)34(55)30(51)24(15)45/h2-5H,1H3. The lowest BCUT2D eigenvalue weighted by atomic mass is 9.91. The Balaban J connectivity index is 1.78. The second kappa shape index (κ2) is 13.2. The van der Waals surface area contributed by atoms with Gasteiger partial charge in [0.25, 0.3) is 0 Å². The average Bonchev–Trinajstić information content (AvgIpc) is 3.56. The van der Waals surface area contributed by atoms with Crippen molar-refractivity contribution in [2.24, 2.45) is 0 Å². The molecule has 20 heteroatoms. The maximum Gasteiger partial charge on any atom is 0.200 e. The molecule has 0 N–H and O–H groups in total. The maximum atomic E-state index is 15.4. The second-order valence-corrected chi connectivity index (χ2v) is 12.0. The van der Waals surface area contributed by atoms with Gasteiger partial charge in [-0.2, -0.15) is 0 Å². The predicted molar refractivity (Wildman–Crippen MR) is 159 cm³/mol. The van der Waals surface area contributed by atoms with E-state index in [0.29, 0.717) is 13.0 Å². The average molecular weight is 828 g/mol. The summed E-state index contributed by atoms with van der Waals surface area (Å²) in [7, 11) is 0. The SMILES string of the molecule is Cc1c(F)c(F)c(-c2cc(-c3c(F)c(F)c(F)c(F)c3F)c3oc4c(-c5c(F)c(F)c(F)c(F)c5F)cc(-c5c(F)c(F)c(F)c(F)c5F)cc4c3c2)c(F)c1F. The third kappa shape index (κ3) is 5.35. The van der Waals surface area contributed by atoms with E-state index in [2.05, 4.69) is 0 Å². The molecule has 0 radical (unpaired) electrons. The molecule has 57 heavy (non-hydrogen) atoms. The topological polar surface area (TPSA) is 13.1 Å². The summed E-state index contributed by atoms with van der Waals surface area (Å²) in [6, 6.07) is 0.799. The van der Waals surface area contributed by atoms with Gasteiger partial charge < -0.3 is 4.42 Å². The molecule has 0 fully saturated rings. The van der Waals surface area contributed by atoms with Gasteiger partial charge in [-0.25, -0.2) is 83.4 Å². The monoisotopic (exact) mass is 828 g/mol. The summed E-state index contributed by atoms with van der Waals surface area (Å²) in [6.45, 7) is 0.551. The Morgan fingerprint density at radius 3 is 0.789 bits per heavy atom. The zero-order valence-electron chi connectivity index (χ0n) is 26.9. The Kier molecular flexibility index (Phi) is 9.03. The fraction of sp³-hybridized carbons (Fsp3) is 0.0270. The number of hydrogen-bond acceptors (Lipinski definition) is 1. The van der Waals surface area contributed by atoms with Crippen molar-refractivity contribution < 1.29 is 87.8 Å². The molecule has 0 saturated heterocycles. The molecular weight excluding hydrogens is 821 g/mol. The fourth-order valence-electron chi connectivity index (χ4n) is 6.18. The molecule has 6 aromatic carbocycles. The van der Waals surface area contributed by atoms with E-state index in [1.807, 2.05) is 0 Å². The molecule has 0 aliphatic heterocycles. The highest BCUT2D eigenvalue weighted by Crippen LogP contribution is 2.48. The number of furan rings is 1. The molecule has 0 unspecified atom stereocenters. The van der Waals surface area contributed by atoms with E-state index in [0.717, 1.165) is 0 Å². The normalized spacial score (nSPS) is 11.9. The van der Waals surface area contributed by atoms with Gasteiger partial charge in [-0.05, 0) is 42.3 Å². The summed E-state index contributed by atoms with van der Waals surface area (Å²) < 4.78 is 287. The predicted octanol–water partition coefficient (Wildman–Crippen LogP) is 13.2. The number of fused-ring (bicyclic) bond motifs is 3. The van der Waals surface area contributed by atoms with Gasteiger partial charge in [0, 0.05) is 27.5 Å². The zero-order chi connectivity index (χ0) is 42.0. The van der Waals surface area contributed by atoms with Gasteiger partial charge in [0.15, 0.2) is 93.1 Å². The lowest BCUT2D eigenvalue weighted by Crippen LogP contribution is -2.06. The van der Waals surface area contributed by atoms with Gasteiger partial charge in [0.1, 0.15) is 11.2 Å². The summed E-state index contributed by atoms with van der Waals surface area (Å²) >= 11 is 0. The van der Waals surface area contributed by atoms with E-state index in [1.165, 1.54) is 0 Å². The molecule has 7 rings (SSSR count). The molecule has 7 aromatic rings. The van der Waals surface area contributed by atoms with E-state index in [9.17, 15) is 48.3 Å². The molecule has 1 nitrogen and oxygen atoms in total. The molecule has 0 aliphatic carbocycles. The number of benzene rings is 6. The summed E-state index contributed by atoms with van der Waals surface area (Å²) in [4.78, 5) is 0. The highest BCUT2D eigenvalue weighted by atomic mass is 19.2. The van der Waals surface area contributed by atoms with E-state index < -0.39 is 183 Å². The minimum Gasteiger partial charge on any atom is -0.455 e. The van der Waals surface area contributed by atoms with Crippen molar-refractivity contribution in [3.05, 3.63) is 140 Å². The molecule has 0 spiro atoms. The van der Waals surface area contributed by atoms with Crippen molar-refractivity contribution in [2.75, 3.05) is 0 Å². The summed E-state index contributed by atoms with van der Waals surface area (Å²) in [5.74, 6) is -49.4. The molecule has 0 amide bonds. The molecule has 294 valence electrons. The summed E-state index contributed by atoms with van der Waals surface area (Å²) in [5.41, 5.74) is -17.5. The molecule has 1 aromatic heterocycles. The van der Waals surface area contributed by atoms with E-state index in [-0.39, 0.29) is 18.2 Å². The zero-order valence-corrected chi connectivity index (χ0v) is 26.9. The van der Waals surface area contributed by atoms with Crippen molar-refractivity contribution in [3.63, 3.8) is 0 Å². The fourth-order valence-corrected chi connectivity index (χ4v) is 6.18. The Morgan fingerprint density at radius 2 is 0.509 bits per heavy atom. The summed E-state index contributed by atoms with van der Waals surface area (Å²) in [6.07, 6.45) is 0. The lowest BCUT2D eigenvalue weighted by Gasteiger charge is -2.14. The third-order valence-corrected chi connectivity index (χ3v) is 8.90. The van der Waals surface area contributed by atoms with Crippen LogP contribution in [0.5, 0.6) is 0 Å². The Hall–Kier alpha value is -6.21. The van der Waals surface area contributed by atoms with E-state index in [1.54, 1.807) is 0 Å². The van der Waals surface area contributed by atoms with Crippen LogP contribution in [0.3, 0.4) is 0 Å². The highest BCUT2D eigenvalue weighted by molar-refractivity contribution is 6.16. The first-order valence-corrected chi connectivity index (χ1v) is 15.1. The highest BCUT2D eigenvalue weighted by Gasteiger charge is 2.35. The van der Waals surface area contributed by atoms with Gasteiger partial charge >= 0.3 is 0 Å². The van der Waals surface area contributed by atoms with Gasteiger partial charge in [-0.1, -0.05) is 0 Å². The van der Waals surface area contributed by atoms with Crippen molar-refractivity contribution >= 4 is 21.9 Å². The molecule has 0 saturated carbocycles. The summed E-state index contributed by atoms with van der Waals surface area (Å²) in [5, 5.41) is -2.19. The number of rotatable bonds is 4. The molecule has 0 bridgehead atoms. The van der Waals surface area contributed by atoms with Crippen LogP contribution >= 0.6 is 0 Å².